The molecule has 6 nitrogen and oxygen atoms in total. The predicted octanol–water partition coefficient (Wildman–Crippen LogP) is -1.72. The molecule has 0 bridgehead atoms. The quantitative estimate of drug-likeness (QED) is 0.601. The highest BCUT2D eigenvalue weighted by atomic mass is 32.2. The highest BCUT2D eigenvalue weighted by molar-refractivity contribution is 7.91. The van der Waals surface area contributed by atoms with Crippen molar-refractivity contribution in [2.45, 2.75) is 0 Å². The van der Waals surface area contributed by atoms with Crippen LogP contribution in [-0.2, 0) is 19.9 Å². The van der Waals surface area contributed by atoms with Gasteiger partial charge in [-0.05, 0) is 0 Å². The lowest BCUT2D eigenvalue weighted by Crippen LogP contribution is -2.34. The fourth-order valence-electron chi connectivity index (χ4n) is 0.705. The van der Waals surface area contributed by atoms with Crippen molar-refractivity contribution in [2.24, 2.45) is 0 Å². The molecule has 86 valence electrons. The van der Waals surface area contributed by atoms with Gasteiger partial charge in [-0.2, -0.15) is 0 Å². The molecule has 0 fully saturated rings. The summed E-state index contributed by atoms with van der Waals surface area (Å²) in [6.45, 7) is -0.549. The lowest BCUT2D eigenvalue weighted by molar-refractivity contribution is 0.316. The van der Waals surface area contributed by atoms with Gasteiger partial charge in [0.15, 0.2) is 0 Å². The van der Waals surface area contributed by atoms with E-state index < -0.39 is 26.5 Å². The minimum absolute atomic E-state index is 0.0822. The number of hydrogen-bond donors (Lipinski definition) is 1. The highest BCUT2D eigenvalue weighted by Crippen LogP contribution is 1.98. The van der Waals surface area contributed by atoms with Crippen molar-refractivity contribution in [1.29, 1.82) is 0 Å². The predicted molar refractivity (Wildman–Crippen MR) is 53.2 cm³/mol. The van der Waals surface area contributed by atoms with Gasteiger partial charge >= 0.3 is 0 Å². The Morgan fingerprint density at radius 3 is 2.00 bits per heavy atom. The summed E-state index contributed by atoms with van der Waals surface area (Å²) in [6.07, 6.45) is 1.04. The Kier molecular flexibility index (Phi) is 4.99. The van der Waals surface area contributed by atoms with Crippen LogP contribution in [0.1, 0.15) is 0 Å². The van der Waals surface area contributed by atoms with Crippen LogP contribution >= 0.6 is 0 Å². The van der Waals surface area contributed by atoms with Crippen molar-refractivity contribution in [1.82, 2.24) is 4.31 Å². The van der Waals surface area contributed by atoms with Crippen molar-refractivity contribution in [3.63, 3.8) is 0 Å². The summed E-state index contributed by atoms with van der Waals surface area (Å²) in [5.74, 6) is -0.596. The zero-order valence-electron chi connectivity index (χ0n) is 8.17. The van der Waals surface area contributed by atoms with Gasteiger partial charge in [0.25, 0.3) is 0 Å². The number of sulfonamides is 1. The van der Waals surface area contributed by atoms with Gasteiger partial charge in [-0.25, -0.2) is 21.1 Å². The first kappa shape index (κ1) is 13.8. The lowest BCUT2D eigenvalue weighted by atomic mass is 10.8. The lowest BCUT2D eigenvalue weighted by Gasteiger charge is -2.15. The van der Waals surface area contributed by atoms with Gasteiger partial charge in [0, 0.05) is 19.8 Å². The smallest absolute Gasteiger partial charge is 0.216 e. The Labute approximate surface area is 84.5 Å². The maximum Gasteiger partial charge on any atom is 0.216 e. The maximum absolute atomic E-state index is 11.2. The zero-order chi connectivity index (χ0) is 11.4. The molecule has 0 aromatic carbocycles. The summed E-state index contributed by atoms with van der Waals surface area (Å²) in [5.41, 5.74) is 0. The van der Waals surface area contributed by atoms with E-state index in [-0.39, 0.29) is 18.1 Å². The molecule has 0 spiro atoms. The van der Waals surface area contributed by atoms with E-state index >= 15 is 0 Å². The summed E-state index contributed by atoms with van der Waals surface area (Å²) < 4.78 is 44.9. The Hall–Kier alpha value is -0.180. The minimum atomic E-state index is -3.51. The van der Waals surface area contributed by atoms with Crippen molar-refractivity contribution in [3.8, 4) is 0 Å². The van der Waals surface area contributed by atoms with Gasteiger partial charge in [-0.15, -0.1) is 0 Å². The molecular weight excluding hydrogens is 230 g/mol. The fourth-order valence-corrected chi connectivity index (χ4v) is 2.34. The van der Waals surface area contributed by atoms with Crippen LogP contribution in [0.3, 0.4) is 0 Å². The van der Waals surface area contributed by atoms with Gasteiger partial charge in [-0.3, -0.25) is 0 Å². The number of aliphatic hydroxyl groups excluding tert-OH is 1. The summed E-state index contributed by atoms with van der Waals surface area (Å²) in [6, 6.07) is 0. The van der Waals surface area contributed by atoms with E-state index in [1.165, 1.54) is 7.05 Å². The highest BCUT2D eigenvalue weighted by Gasteiger charge is 2.18. The van der Waals surface area contributed by atoms with Gasteiger partial charge in [-0.1, -0.05) is 0 Å². The SMILES string of the molecule is CN(CCS(C)(=O)=O)S(=O)(=O)CCO. The van der Waals surface area contributed by atoms with Crippen LogP contribution in [0, 0.1) is 0 Å². The van der Waals surface area contributed by atoms with Gasteiger partial charge in [0.2, 0.25) is 10.0 Å². The first-order valence-corrected chi connectivity index (χ1v) is 7.58. The van der Waals surface area contributed by atoms with Crippen LogP contribution < -0.4 is 0 Å². The maximum atomic E-state index is 11.2. The second-order valence-corrected chi connectivity index (χ2v) is 7.45. The molecule has 0 unspecified atom stereocenters. The number of aliphatic hydroxyl groups is 1. The largest absolute Gasteiger partial charge is 0.395 e. The molecule has 0 aromatic heterocycles. The van der Waals surface area contributed by atoms with E-state index in [1.54, 1.807) is 0 Å². The van der Waals surface area contributed by atoms with Gasteiger partial charge < -0.3 is 5.11 Å². The first-order chi connectivity index (χ1) is 6.19. The molecule has 1 N–H and O–H groups in total. The van der Waals surface area contributed by atoms with Crippen LogP contribution in [0.2, 0.25) is 0 Å². The average molecular weight is 245 g/mol. The fraction of sp³-hybridized carbons (Fsp3) is 1.00. The zero-order valence-corrected chi connectivity index (χ0v) is 9.81. The second-order valence-electron chi connectivity index (χ2n) is 2.99. The van der Waals surface area contributed by atoms with Gasteiger partial charge in [0.05, 0.1) is 18.1 Å². The van der Waals surface area contributed by atoms with Crippen LogP contribution in [0.4, 0.5) is 0 Å². The van der Waals surface area contributed by atoms with E-state index in [2.05, 4.69) is 0 Å². The Balaban J connectivity index is 4.29. The normalized spacial score (nSPS) is 13.4. The van der Waals surface area contributed by atoms with E-state index in [1.807, 2.05) is 0 Å². The van der Waals surface area contributed by atoms with E-state index in [4.69, 9.17) is 5.11 Å². The van der Waals surface area contributed by atoms with E-state index in [0.717, 1.165) is 10.6 Å². The summed E-state index contributed by atoms with van der Waals surface area (Å²) in [4.78, 5) is 0. The molecule has 0 aliphatic rings. The summed E-state index contributed by atoms with van der Waals surface area (Å²) in [7, 11) is -5.39. The third-order valence-corrected chi connectivity index (χ3v) is 4.36. The van der Waals surface area contributed by atoms with Crippen LogP contribution in [-0.4, -0.2) is 64.2 Å². The number of hydrogen-bond acceptors (Lipinski definition) is 5. The number of rotatable bonds is 6. The molecule has 0 aliphatic heterocycles. The summed E-state index contributed by atoms with van der Waals surface area (Å²) >= 11 is 0. The van der Waals surface area contributed by atoms with Crippen molar-refractivity contribution in [3.05, 3.63) is 0 Å². The van der Waals surface area contributed by atoms with Crippen molar-refractivity contribution >= 4 is 19.9 Å². The molecular formula is C6H15NO5S2. The number of nitrogens with zero attached hydrogens (tertiary/aromatic N) is 1. The molecule has 14 heavy (non-hydrogen) atoms. The molecule has 0 atom stereocenters. The number of sulfone groups is 1. The topological polar surface area (TPSA) is 91.8 Å². The molecule has 0 aromatic rings. The second kappa shape index (κ2) is 5.06. The molecule has 0 amide bonds. The van der Waals surface area contributed by atoms with E-state index in [9.17, 15) is 16.8 Å². The Morgan fingerprint density at radius 2 is 1.64 bits per heavy atom. The van der Waals surface area contributed by atoms with Crippen LogP contribution in [0.25, 0.3) is 0 Å². The van der Waals surface area contributed by atoms with Gasteiger partial charge in [0.1, 0.15) is 9.84 Å². The van der Waals surface area contributed by atoms with Crippen LogP contribution in [0.5, 0.6) is 0 Å². The molecule has 0 rings (SSSR count). The summed E-state index contributed by atoms with van der Waals surface area (Å²) in [5, 5.41) is 8.45. The third-order valence-electron chi connectivity index (χ3n) is 1.60. The molecule has 0 radical (unpaired) electrons. The first-order valence-electron chi connectivity index (χ1n) is 3.91. The minimum Gasteiger partial charge on any atom is -0.395 e. The molecule has 0 saturated carbocycles. The molecule has 0 saturated heterocycles. The van der Waals surface area contributed by atoms with Crippen molar-refractivity contribution in [2.75, 3.05) is 38.0 Å². The van der Waals surface area contributed by atoms with E-state index in [0.29, 0.717) is 0 Å². The third kappa shape index (κ3) is 5.53. The molecule has 0 aliphatic carbocycles. The molecule has 0 heterocycles. The molecule has 8 heteroatoms. The van der Waals surface area contributed by atoms with Crippen LogP contribution in [0.15, 0.2) is 0 Å². The Morgan fingerprint density at radius 1 is 1.14 bits per heavy atom. The Bertz CT molecular complexity index is 358. The monoisotopic (exact) mass is 245 g/mol. The standard InChI is InChI=1S/C6H15NO5S2/c1-7(3-5-13(2,9)10)14(11,12)6-4-8/h8H,3-6H2,1-2H3. The average Bonchev–Trinajstić information content (AvgIpc) is 1.98. The van der Waals surface area contributed by atoms with Crippen molar-refractivity contribution < 1.29 is 21.9 Å².